The van der Waals surface area contributed by atoms with Crippen LogP contribution in [0.15, 0.2) is 32.5 Å². The SMILES string of the molecule is CCOC(=O)C1=C(COC(=O)c2ccc(Br)o2)NC(=O)N[C@@H]1C. The van der Waals surface area contributed by atoms with Crippen molar-refractivity contribution >= 4 is 33.9 Å². The average molecular weight is 387 g/mol. The van der Waals surface area contributed by atoms with E-state index in [9.17, 15) is 14.4 Å². The van der Waals surface area contributed by atoms with Gasteiger partial charge in [0.15, 0.2) is 4.67 Å². The molecule has 9 heteroatoms. The zero-order valence-corrected chi connectivity index (χ0v) is 14.1. The Hall–Kier alpha value is -2.29. The number of hydrogen-bond donors (Lipinski definition) is 2. The van der Waals surface area contributed by atoms with E-state index < -0.39 is 24.0 Å². The van der Waals surface area contributed by atoms with Crippen molar-refractivity contribution in [3.63, 3.8) is 0 Å². The number of rotatable bonds is 5. The topological polar surface area (TPSA) is 107 Å². The predicted molar refractivity (Wildman–Crippen MR) is 81.5 cm³/mol. The highest BCUT2D eigenvalue weighted by molar-refractivity contribution is 9.10. The summed E-state index contributed by atoms with van der Waals surface area (Å²) in [4.78, 5) is 35.4. The van der Waals surface area contributed by atoms with Crippen LogP contribution in [0.5, 0.6) is 0 Å². The molecule has 23 heavy (non-hydrogen) atoms. The number of carbonyl (C=O) groups excluding carboxylic acids is 3. The van der Waals surface area contributed by atoms with Crippen LogP contribution in [0, 0.1) is 0 Å². The molecule has 0 aliphatic carbocycles. The van der Waals surface area contributed by atoms with Gasteiger partial charge in [-0.3, -0.25) is 0 Å². The van der Waals surface area contributed by atoms with E-state index in [0.717, 1.165) is 0 Å². The number of halogens is 1. The lowest BCUT2D eigenvalue weighted by Crippen LogP contribution is -2.50. The molecule has 2 rings (SSSR count). The van der Waals surface area contributed by atoms with Crippen LogP contribution in [-0.2, 0) is 14.3 Å². The van der Waals surface area contributed by atoms with Crippen LogP contribution in [0.25, 0.3) is 0 Å². The first-order chi connectivity index (χ1) is 10.9. The highest BCUT2D eigenvalue weighted by Gasteiger charge is 2.30. The third-order valence-electron chi connectivity index (χ3n) is 2.99. The van der Waals surface area contributed by atoms with Crippen LogP contribution in [0.2, 0.25) is 0 Å². The van der Waals surface area contributed by atoms with Gasteiger partial charge in [0.2, 0.25) is 5.76 Å². The molecule has 0 unspecified atom stereocenters. The minimum atomic E-state index is -0.716. The maximum Gasteiger partial charge on any atom is 0.374 e. The van der Waals surface area contributed by atoms with Gasteiger partial charge in [-0.05, 0) is 41.9 Å². The maximum absolute atomic E-state index is 12.0. The molecule has 0 spiro atoms. The standard InChI is InChI=1S/C14H15BrN2O6/c1-3-21-13(19)11-7(2)16-14(20)17-8(11)6-22-12(18)9-4-5-10(15)23-9/h4-5,7H,3,6H2,1-2H3,(H2,16,17,20)/t7-/m1/s1. The Morgan fingerprint density at radius 1 is 1.30 bits per heavy atom. The van der Waals surface area contributed by atoms with Gasteiger partial charge in [-0.1, -0.05) is 0 Å². The fourth-order valence-corrected chi connectivity index (χ4v) is 2.33. The molecule has 2 N–H and O–H groups in total. The first kappa shape index (κ1) is 17.1. The van der Waals surface area contributed by atoms with Crippen molar-refractivity contribution in [1.29, 1.82) is 0 Å². The van der Waals surface area contributed by atoms with Gasteiger partial charge in [0.1, 0.15) is 6.61 Å². The largest absolute Gasteiger partial charge is 0.463 e. The van der Waals surface area contributed by atoms with E-state index in [-0.39, 0.29) is 30.2 Å². The van der Waals surface area contributed by atoms with Gasteiger partial charge >= 0.3 is 18.0 Å². The molecule has 124 valence electrons. The quantitative estimate of drug-likeness (QED) is 0.746. The molecule has 2 heterocycles. The monoisotopic (exact) mass is 386 g/mol. The summed E-state index contributed by atoms with van der Waals surface area (Å²) in [5.41, 5.74) is 0.388. The van der Waals surface area contributed by atoms with Gasteiger partial charge in [0.05, 0.1) is 23.9 Å². The number of carbonyl (C=O) groups is 3. The molecular formula is C14H15BrN2O6. The number of urea groups is 1. The fourth-order valence-electron chi connectivity index (χ4n) is 2.03. The second-order valence-electron chi connectivity index (χ2n) is 4.61. The summed E-state index contributed by atoms with van der Waals surface area (Å²) < 4.78 is 15.5. The van der Waals surface area contributed by atoms with Crippen LogP contribution in [0.1, 0.15) is 24.4 Å². The second kappa shape index (κ2) is 7.32. The molecule has 1 atom stereocenters. The van der Waals surface area contributed by atoms with Gasteiger partial charge in [0.25, 0.3) is 0 Å². The van der Waals surface area contributed by atoms with Crippen molar-refractivity contribution in [2.24, 2.45) is 0 Å². The van der Waals surface area contributed by atoms with E-state index >= 15 is 0 Å². The van der Waals surface area contributed by atoms with Gasteiger partial charge in [-0.2, -0.15) is 0 Å². The molecule has 8 nitrogen and oxygen atoms in total. The van der Waals surface area contributed by atoms with E-state index in [1.54, 1.807) is 19.9 Å². The molecule has 2 amide bonds. The summed E-state index contributed by atoms with van der Waals surface area (Å²) in [5.74, 6) is -1.30. The summed E-state index contributed by atoms with van der Waals surface area (Å²) in [6, 6.07) is 1.94. The summed E-state index contributed by atoms with van der Waals surface area (Å²) in [6.45, 7) is 3.21. The van der Waals surface area contributed by atoms with Crippen molar-refractivity contribution in [2.45, 2.75) is 19.9 Å². The molecule has 0 aromatic carbocycles. The summed E-state index contributed by atoms with van der Waals surface area (Å²) in [6.07, 6.45) is 0. The second-order valence-corrected chi connectivity index (χ2v) is 5.39. The third-order valence-corrected chi connectivity index (χ3v) is 3.41. The van der Waals surface area contributed by atoms with Crippen molar-refractivity contribution < 1.29 is 28.3 Å². The summed E-state index contributed by atoms with van der Waals surface area (Å²) in [7, 11) is 0. The van der Waals surface area contributed by atoms with Crippen molar-refractivity contribution in [3.05, 3.63) is 33.8 Å². The van der Waals surface area contributed by atoms with E-state index in [2.05, 4.69) is 26.6 Å². The predicted octanol–water partition coefficient (Wildman–Crippen LogP) is 1.72. The van der Waals surface area contributed by atoms with E-state index in [1.165, 1.54) is 6.07 Å². The molecule has 1 aromatic heterocycles. The smallest absolute Gasteiger partial charge is 0.374 e. The minimum Gasteiger partial charge on any atom is -0.463 e. The Kier molecular flexibility index (Phi) is 5.43. The van der Waals surface area contributed by atoms with Gasteiger partial charge < -0.3 is 24.5 Å². The lowest BCUT2D eigenvalue weighted by atomic mass is 10.0. The van der Waals surface area contributed by atoms with E-state index in [0.29, 0.717) is 4.67 Å². The summed E-state index contributed by atoms with van der Waals surface area (Å²) in [5, 5.41) is 5.01. The van der Waals surface area contributed by atoms with Crippen LogP contribution >= 0.6 is 15.9 Å². The van der Waals surface area contributed by atoms with Crippen LogP contribution < -0.4 is 10.6 Å². The number of amides is 2. The average Bonchev–Trinajstić information content (AvgIpc) is 2.91. The normalized spacial score (nSPS) is 17.3. The lowest BCUT2D eigenvalue weighted by Gasteiger charge is -2.26. The van der Waals surface area contributed by atoms with Crippen molar-refractivity contribution in [3.8, 4) is 0 Å². The van der Waals surface area contributed by atoms with Gasteiger partial charge in [-0.15, -0.1) is 0 Å². The Morgan fingerprint density at radius 2 is 2.04 bits per heavy atom. The molecular weight excluding hydrogens is 372 g/mol. The molecule has 1 aliphatic rings. The lowest BCUT2D eigenvalue weighted by molar-refractivity contribution is -0.139. The van der Waals surface area contributed by atoms with Crippen LogP contribution in [-0.4, -0.2) is 37.2 Å². The van der Waals surface area contributed by atoms with Crippen molar-refractivity contribution in [2.75, 3.05) is 13.2 Å². The fraction of sp³-hybridized carbons (Fsp3) is 0.357. The number of hydrogen-bond acceptors (Lipinski definition) is 6. The first-order valence-electron chi connectivity index (χ1n) is 6.82. The minimum absolute atomic E-state index is 0.00321. The zero-order chi connectivity index (χ0) is 17.0. The summed E-state index contributed by atoms with van der Waals surface area (Å²) >= 11 is 3.08. The highest BCUT2D eigenvalue weighted by atomic mass is 79.9. The third kappa shape index (κ3) is 4.13. The molecule has 1 aliphatic heterocycles. The Morgan fingerprint density at radius 3 is 2.65 bits per heavy atom. The van der Waals surface area contributed by atoms with Crippen LogP contribution in [0.4, 0.5) is 4.79 Å². The highest BCUT2D eigenvalue weighted by Crippen LogP contribution is 2.17. The zero-order valence-electron chi connectivity index (χ0n) is 12.5. The Balaban J connectivity index is 2.15. The van der Waals surface area contributed by atoms with E-state index in [1.807, 2.05) is 0 Å². The first-order valence-corrected chi connectivity index (χ1v) is 7.61. The number of nitrogens with one attached hydrogen (secondary N) is 2. The molecule has 0 saturated carbocycles. The Labute approximate surface area is 140 Å². The molecule has 0 saturated heterocycles. The Bertz CT molecular complexity index is 666. The molecule has 0 bridgehead atoms. The molecule has 0 radical (unpaired) electrons. The van der Waals surface area contributed by atoms with E-state index in [4.69, 9.17) is 13.9 Å². The van der Waals surface area contributed by atoms with Gasteiger partial charge in [0, 0.05) is 0 Å². The molecule has 1 aromatic rings. The number of furan rings is 1. The van der Waals surface area contributed by atoms with Gasteiger partial charge in [-0.25, -0.2) is 14.4 Å². The number of ether oxygens (including phenoxy) is 2. The maximum atomic E-state index is 12.0. The number of esters is 2. The van der Waals surface area contributed by atoms with Crippen LogP contribution in [0.3, 0.4) is 0 Å². The van der Waals surface area contributed by atoms with Crippen molar-refractivity contribution in [1.82, 2.24) is 10.6 Å². The molecule has 0 fully saturated rings.